The van der Waals surface area contributed by atoms with E-state index in [0.29, 0.717) is 23.5 Å². The van der Waals surface area contributed by atoms with Crippen LogP contribution in [0.2, 0.25) is 0 Å². The minimum atomic E-state index is -0.599. The van der Waals surface area contributed by atoms with Crippen LogP contribution in [-0.2, 0) is 16.1 Å². The summed E-state index contributed by atoms with van der Waals surface area (Å²) in [5.41, 5.74) is 10.1. The first-order chi connectivity index (χ1) is 13.0. The highest BCUT2D eigenvalue weighted by Gasteiger charge is 2.36. The molecule has 0 bridgehead atoms. The van der Waals surface area contributed by atoms with Gasteiger partial charge in [-0.3, -0.25) is 4.90 Å². The Kier molecular flexibility index (Phi) is 5.28. The number of hydrogen-bond donors (Lipinski definition) is 2. The summed E-state index contributed by atoms with van der Waals surface area (Å²) in [4.78, 5) is 27.0. The first kappa shape index (κ1) is 18.7. The second-order valence-corrected chi connectivity index (χ2v) is 6.49. The smallest absolute Gasteiger partial charge is 0.337 e. The minimum absolute atomic E-state index is 0.299. The number of nitrogens with zero attached hydrogens (tertiary/aromatic N) is 1. The van der Waals surface area contributed by atoms with Crippen molar-refractivity contribution in [2.45, 2.75) is 26.4 Å². The molecule has 0 unspecified atom stereocenters. The van der Waals surface area contributed by atoms with Crippen LogP contribution in [-0.4, -0.2) is 19.1 Å². The van der Waals surface area contributed by atoms with E-state index < -0.39 is 12.0 Å². The zero-order valence-electron chi connectivity index (χ0n) is 15.7. The van der Waals surface area contributed by atoms with Crippen molar-refractivity contribution in [3.8, 4) is 0 Å². The van der Waals surface area contributed by atoms with Crippen molar-refractivity contribution in [1.29, 1.82) is 0 Å². The van der Waals surface area contributed by atoms with Gasteiger partial charge in [0.2, 0.25) is 0 Å². The largest absolute Gasteiger partial charge is 0.466 e. The van der Waals surface area contributed by atoms with Crippen LogP contribution in [0.4, 0.5) is 10.5 Å². The molecule has 2 aromatic rings. The lowest BCUT2D eigenvalue weighted by Gasteiger charge is -2.35. The maximum Gasteiger partial charge on any atom is 0.337 e. The maximum atomic E-state index is 12.9. The number of methoxy groups -OCH3 is 1. The van der Waals surface area contributed by atoms with Gasteiger partial charge in [-0.25, -0.2) is 9.59 Å². The Labute approximate surface area is 158 Å². The van der Waals surface area contributed by atoms with Gasteiger partial charge < -0.3 is 15.8 Å². The van der Waals surface area contributed by atoms with Gasteiger partial charge in [0.1, 0.15) is 0 Å². The first-order valence-corrected chi connectivity index (χ1v) is 8.71. The van der Waals surface area contributed by atoms with E-state index in [1.165, 1.54) is 12.0 Å². The molecule has 0 fully saturated rings. The number of rotatable bonds is 4. The lowest BCUT2D eigenvalue weighted by Crippen LogP contribution is -2.48. The number of allylic oxidation sites excluding steroid dienone is 1. The number of amides is 2. The van der Waals surface area contributed by atoms with E-state index in [2.05, 4.69) is 5.32 Å². The summed E-state index contributed by atoms with van der Waals surface area (Å²) in [5.74, 6) is -0.479. The van der Waals surface area contributed by atoms with E-state index in [-0.39, 0.29) is 6.03 Å². The topological polar surface area (TPSA) is 84.7 Å². The van der Waals surface area contributed by atoms with Crippen molar-refractivity contribution in [2.75, 3.05) is 12.0 Å². The molecule has 1 heterocycles. The van der Waals surface area contributed by atoms with E-state index >= 15 is 0 Å². The molecule has 6 heteroatoms. The molecule has 6 nitrogen and oxygen atoms in total. The van der Waals surface area contributed by atoms with Crippen molar-refractivity contribution >= 4 is 17.7 Å². The summed E-state index contributed by atoms with van der Waals surface area (Å²) in [6.07, 6.45) is 0. The molecule has 140 valence electrons. The van der Waals surface area contributed by atoms with Crippen LogP contribution in [0.5, 0.6) is 0 Å². The van der Waals surface area contributed by atoms with Gasteiger partial charge >= 0.3 is 12.0 Å². The number of hydrogen-bond acceptors (Lipinski definition) is 4. The first-order valence-electron chi connectivity index (χ1n) is 8.71. The van der Waals surface area contributed by atoms with Gasteiger partial charge in [0.15, 0.2) is 0 Å². The third-order valence-corrected chi connectivity index (χ3v) is 4.70. The third kappa shape index (κ3) is 3.57. The molecule has 2 amide bonds. The molecule has 0 saturated heterocycles. The summed E-state index contributed by atoms with van der Waals surface area (Å²) in [5, 5.41) is 2.93. The molecular formula is C21H23N3O3. The highest BCUT2D eigenvalue weighted by atomic mass is 16.5. The lowest BCUT2D eigenvalue weighted by atomic mass is 9.93. The van der Waals surface area contributed by atoms with Crippen LogP contribution in [0.3, 0.4) is 0 Å². The Morgan fingerprint density at radius 3 is 2.52 bits per heavy atom. The average molecular weight is 365 g/mol. The van der Waals surface area contributed by atoms with Crippen molar-refractivity contribution < 1.29 is 14.3 Å². The molecule has 0 aromatic heterocycles. The quantitative estimate of drug-likeness (QED) is 0.815. The van der Waals surface area contributed by atoms with E-state index in [4.69, 9.17) is 10.5 Å². The number of anilines is 1. The molecule has 27 heavy (non-hydrogen) atoms. The Morgan fingerprint density at radius 2 is 1.89 bits per heavy atom. The fraction of sp³-hybridized carbons (Fsp3) is 0.238. The van der Waals surface area contributed by atoms with Crippen molar-refractivity contribution in [3.63, 3.8) is 0 Å². The highest BCUT2D eigenvalue weighted by molar-refractivity contribution is 6.03. The molecule has 0 saturated carbocycles. The zero-order chi connectivity index (χ0) is 19.6. The summed E-state index contributed by atoms with van der Waals surface area (Å²) in [6.45, 7) is 4.11. The number of aryl methyl sites for hydroxylation is 1. The van der Waals surface area contributed by atoms with E-state index in [0.717, 1.165) is 16.7 Å². The van der Waals surface area contributed by atoms with Crippen LogP contribution in [0, 0.1) is 6.92 Å². The standard InChI is InChI=1S/C21H23N3O3/c1-13-7-9-17(10-8-13)24-14(2)18(20(25)27-3)19(23-21(24)26)16-6-4-5-15(11-16)12-22/h4-11,19H,12,22H2,1-3H3,(H,23,26)/t19-/m0/s1. The Bertz CT molecular complexity index is 903. The molecule has 2 aromatic carbocycles. The van der Waals surface area contributed by atoms with Crippen molar-refractivity contribution in [2.24, 2.45) is 5.73 Å². The molecule has 3 N–H and O–H groups in total. The second kappa shape index (κ2) is 7.63. The number of carbonyl (C=O) groups is 2. The number of benzene rings is 2. The molecule has 3 rings (SSSR count). The predicted molar refractivity (Wildman–Crippen MR) is 104 cm³/mol. The maximum absolute atomic E-state index is 12.9. The normalized spacial score (nSPS) is 17.0. The Hall–Kier alpha value is -3.12. The van der Waals surface area contributed by atoms with Crippen LogP contribution in [0.25, 0.3) is 0 Å². The van der Waals surface area contributed by atoms with Crippen LogP contribution >= 0.6 is 0 Å². The number of nitrogens with two attached hydrogens (primary N) is 1. The van der Waals surface area contributed by atoms with E-state index in [1.54, 1.807) is 6.92 Å². The minimum Gasteiger partial charge on any atom is -0.466 e. The second-order valence-electron chi connectivity index (χ2n) is 6.49. The highest BCUT2D eigenvalue weighted by Crippen LogP contribution is 2.34. The van der Waals surface area contributed by atoms with Crippen LogP contribution in [0.1, 0.15) is 29.7 Å². The van der Waals surface area contributed by atoms with Gasteiger partial charge in [-0.15, -0.1) is 0 Å². The summed E-state index contributed by atoms with van der Waals surface area (Å²) < 4.78 is 5.01. The summed E-state index contributed by atoms with van der Waals surface area (Å²) in [6, 6.07) is 14.2. The van der Waals surface area contributed by atoms with Gasteiger partial charge in [0.25, 0.3) is 0 Å². The van der Waals surface area contributed by atoms with Gasteiger partial charge in [-0.2, -0.15) is 0 Å². The van der Waals surface area contributed by atoms with E-state index in [1.807, 2.05) is 55.5 Å². The monoisotopic (exact) mass is 365 g/mol. The van der Waals surface area contributed by atoms with Crippen LogP contribution < -0.4 is 16.0 Å². The van der Waals surface area contributed by atoms with Gasteiger partial charge in [-0.05, 0) is 37.1 Å². The van der Waals surface area contributed by atoms with Crippen LogP contribution in [0.15, 0.2) is 59.8 Å². The lowest BCUT2D eigenvalue weighted by molar-refractivity contribution is -0.136. The summed E-state index contributed by atoms with van der Waals surface area (Å²) >= 11 is 0. The van der Waals surface area contributed by atoms with Gasteiger partial charge in [0.05, 0.1) is 24.4 Å². The fourth-order valence-corrected chi connectivity index (χ4v) is 3.27. The average Bonchev–Trinajstić information content (AvgIpc) is 2.68. The third-order valence-electron chi connectivity index (χ3n) is 4.70. The number of urea groups is 1. The molecule has 0 radical (unpaired) electrons. The number of nitrogens with one attached hydrogen (secondary N) is 1. The molecular weight excluding hydrogens is 342 g/mol. The van der Waals surface area contributed by atoms with Gasteiger partial charge in [-0.1, -0.05) is 42.0 Å². The molecule has 1 aliphatic heterocycles. The molecule has 1 atom stereocenters. The number of ether oxygens (including phenoxy) is 1. The van der Waals surface area contributed by atoms with Gasteiger partial charge in [0, 0.05) is 12.2 Å². The fourth-order valence-electron chi connectivity index (χ4n) is 3.27. The van der Waals surface area contributed by atoms with Crippen molar-refractivity contribution in [3.05, 3.63) is 76.5 Å². The number of carbonyl (C=O) groups excluding carboxylic acids is 2. The molecule has 0 aliphatic carbocycles. The number of esters is 1. The molecule has 1 aliphatic rings. The van der Waals surface area contributed by atoms with E-state index in [9.17, 15) is 9.59 Å². The molecule has 0 spiro atoms. The summed E-state index contributed by atoms with van der Waals surface area (Å²) in [7, 11) is 1.34. The van der Waals surface area contributed by atoms with Crippen molar-refractivity contribution in [1.82, 2.24) is 5.32 Å². The predicted octanol–water partition coefficient (Wildman–Crippen LogP) is 3.17. The Morgan fingerprint density at radius 1 is 1.19 bits per heavy atom. The zero-order valence-corrected chi connectivity index (χ0v) is 15.7. The Balaban J connectivity index is 2.12. The SMILES string of the molecule is COC(=O)C1=C(C)N(c2ccc(C)cc2)C(=O)N[C@H]1c1cccc(CN)c1.